The Balaban J connectivity index is 1.59. The molecule has 5 nitrogen and oxygen atoms in total. The Morgan fingerprint density at radius 3 is 2.50 bits per heavy atom. The fourth-order valence-electron chi connectivity index (χ4n) is 4.59. The number of carbonyl (C=O) groups is 2. The molecule has 154 valence electrons. The van der Waals surface area contributed by atoms with Crippen LogP contribution in [0.4, 0.5) is 0 Å². The first-order valence-electron chi connectivity index (χ1n) is 10.2. The van der Waals surface area contributed by atoms with Gasteiger partial charge in [-0.2, -0.15) is 0 Å². The third kappa shape index (κ3) is 2.91. The zero-order chi connectivity index (χ0) is 21.0. The number of carbonyl (C=O) groups excluding carboxylic acids is 2. The van der Waals surface area contributed by atoms with Crippen LogP contribution in [0.5, 0.6) is 5.75 Å². The lowest BCUT2D eigenvalue weighted by Crippen LogP contribution is -2.36. The lowest BCUT2D eigenvalue weighted by Gasteiger charge is -2.35. The number of furan rings is 1. The average molecular weight is 424 g/mol. The van der Waals surface area contributed by atoms with Gasteiger partial charge in [-0.25, -0.2) is 0 Å². The van der Waals surface area contributed by atoms with E-state index < -0.39 is 5.60 Å². The SMILES string of the molecule is Cc1c(C(=O)N2CCCC2)oc2ccc3c(c12)C(=O)C[C@](C)(c1ccc(Cl)cc1)O3. The fourth-order valence-corrected chi connectivity index (χ4v) is 4.71. The van der Waals surface area contributed by atoms with E-state index in [1.54, 1.807) is 24.3 Å². The second-order valence-corrected chi connectivity index (χ2v) is 8.74. The highest BCUT2D eigenvalue weighted by atomic mass is 35.5. The summed E-state index contributed by atoms with van der Waals surface area (Å²) in [6.07, 6.45) is 2.22. The molecule has 3 heterocycles. The van der Waals surface area contributed by atoms with Crippen molar-refractivity contribution in [2.24, 2.45) is 0 Å². The molecule has 30 heavy (non-hydrogen) atoms. The number of hydrogen-bond acceptors (Lipinski definition) is 4. The summed E-state index contributed by atoms with van der Waals surface area (Å²) >= 11 is 6.01. The van der Waals surface area contributed by atoms with E-state index in [1.807, 2.05) is 30.9 Å². The smallest absolute Gasteiger partial charge is 0.289 e. The minimum absolute atomic E-state index is 0.0247. The van der Waals surface area contributed by atoms with Gasteiger partial charge in [0.25, 0.3) is 5.91 Å². The van der Waals surface area contributed by atoms with Crippen LogP contribution < -0.4 is 4.74 Å². The van der Waals surface area contributed by atoms with E-state index in [1.165, 1.54) is 0 Å². The molecule has 1 amide bonds. The molecule has 5 rings (SSSR count). The largest absolute Gasteiger partial charge is 0.482 e. The summed E-state index contributed by atoms with van der Waals surface area (Å²) < 4.78 is 12.3. The third-order valence-electron chi connectivity index (χ3n) is 6.21. The van der Waals surface area contributed by atoms with Gasteiger partial charge in [0.1, 0.15) is 16.9 Å². The Bertz CT molecular complexity index is 1170. The van der Waals surface area contributed by atoms with Crippen molar-refractivity contribution < 1.29 is 18.7 Å². The standard InChI is InChI=1S/C24H22ClNO4/c1-14-20-18(29-22(14)23(28)26-11-3-4-12-26)9-10-19-21(20)17(27)13-24(2,30-19)15-5-7-16(25)8-6-15/h5-10H,3-4,11-13H2,1-2H3/t24-/m1/s1. The van der Waals surface area contributed by atoms with Gasteiger partial charge in [0.2, 0.25) is 0 Å². The maximum atomic E-state index is 13.3. The zero-order valence-electron chi connectivity index (χ0n) is 17.0. The summed E-state index contributed by atoms with van der Waals surface area (Å²) in [5.74, 6) is 0.702. The maximum Gasteiger partial charge on any atom is 0.289 e. The number of ketones is 1. The molecule has 1 saturated heterocycles. The Morgan fingerprint density at radius 2 is 1.80 bits per heavy atom. The number of aryl methyl sites for hydroxylation is 1. The monoisotopic (exact) mass is 423 g/mol. The molecule has 0 N–H and O–H groups in total. The number of ether oxygens (including phenoxy) is 1. The lowest BCUT2D eigenvalue weighted by molar-refractivity contribution is 0.0507. The van der Waals surface area contributed by atoms with Crippen LogP contribution in [0.25, 0.3) is 11.0 Å². The molecule has 1 fully saturated rings. The number of nitrogens with zero attached hydrogens (tertiary/aromatic N) is 1. The average Bonchev–Trinajstić information content (AvgIpc) is 3.36. The number of benzene rings is 2. The van der Waals surface area contributed by atoms with Crippen molar-refractivity contribution >= 4 is 34.3 Å². The molecule has 0 unspecified atom stereocenters. The molecule has 0 radical (unpaired) electrons. The Kier molecular flexibility index (Phi) is 4.40. The number of Topliss-reactive ketones (excluding diaryl/α,β-unsaturated/α-hetero) is 1. The molecule has 1 atom stereocenters. The van der Waals surface area contributed by atoms with Gasteiger partial charge in [0.05, 0.1) is 12.0 Å². The number of fused-ring (bicyclic) bond motifs is 3. The second-order valence-electron chi connectivity index (χ2n) is 8.31. The van der Waals surface area contributed by atoms with E-state index in [-0.39, 0.29) is 18.1 Å². The topological polar surface area (TPSA) is 59.8 Å². The van der Waals surface area contributed by atoms with E-state index in [0.717, 1.165) is 31.5 Å². The normalized spacial score (nSPS) is 21.0. The lowest BCUT2D eigenvalue weighted by atomic mass is 9.84. The molecule has 0 aliphatic carbocycles. The van der Waals surface area contributed by atoms with Gasteiger partial charge in [-0.15, -0.1) is 0 Å². The molecule has 0 spiro atoms. The number of rotatable bonds is 2. The van der Waals surface area contributed by atoms with Crippen molar-refractivity contribution in [1.29, 1.82) is 0 Å². The van der Waals surface area contributed by atoms with Gasteiger partial charge >= 0.3 is 0 Å². The van der Waals surface area contributed by atoms with Crippen molar-refractivity contribution in [2.45, 2.75) is 38.7 Å². The van der Waals surface area contributed by atoms with Gasteiger partial charge in [-0.3, -0.25) is 9.59 Å². The van der Waals surface area contributed by atoms with Gasteiger partial charge in [-0.05, 0) is 56.5 Å². The molecular formula is C24H22ClNO4. The molecular weight excluding hydrogens is 402 g/mol. The van der Waals surface area contributed by atoms with Crippen LogP contribution in [0.2, 0.25) is 5.02 Å². The first-order valence-corrected chi connectivity index (χ1v) is 10.6. The minimum Gasteiger partial charge on any atom is -0.482 e. The summed E-state index contributed by atoms with van der Waals surface area (Å²) in [7, 11) is 0. The first kappa shape index (κ1) is 19.2. The van der Waals surface area contributed by atoms with Crippen LogP contribution in [0.1, 0.15) is 58.2 Å². The maximum absolute atomic E-state index is 13.3. The molecule has 2 aliphatic heterocycles. The second kappa shape index (κ2) is 6.88. The molecule has 3 aromatic rings. The quantitative estimate of drug-likeness (QED) is 0.545. The molecule has 1 aromatic heterocycles. The summed E-state index contributed by atoms with van der Waals surface area (Å²) in [6.45, 7) is 5.24. The van der Waals surface area contributed by atoms with Crippen LogP contribution >= 0.6 is 11.6 Å². The van der Waals surface area contributed by atoms with Gasteiger partial charge in [0, 0.05) is 29.1 Å². The van der Waals surface area contributed by atoms with E-state index >= 15 is 0 Å². The predicted octanol–water partition coefficient (Wildman–Crippen LogP) is 5.51. The van der Waals surface area contributed by atoms with Gasteiger partial charge in [-0.1, -0.05) is 23.7 Å². The van der Waals surface area contributed by atoms with Gasteiger partial charge < -0.3 is 14.1 Å². The van der Waals surface area contributed by atoms with Crippen LogP contribution in [-0.4, -0.2) is 29.7 Å². The third-order valence-corrected chi connectivity index (χ3v) is 6.46. The summed E-state index contributed by atoms with van der Waals surface area (Å²) in [6, 6.07) is 10.9. The van der Waals surface area contributed by atoms with Crippen LogP contribution in [-0.2, 0) is 5.60 Å². The first-order chi connectivity index (χ1) is 14.4. The highest BCUT2D eigenvalue weighted by Crippen LogP contribution is 2.44. The highest BCUT2D eigenvalue weighted by Gasteiger charge is 2.40. The van der Waals surface area contributed by atoms with E-state index in [9.17, 15) is 9.59 Å². The summed E-state index contributed by atoms with van der Waals surface area (Å²) in [5.41, 5.74) is 1.85. The molecule has 0 saturated carbocycles. The van der Waals surface area contributed by atoms with Crippen LogP contribution in [0.3, 0.4) is 0 Å². The summed E-state index contributed by atoms with van der Waals surface area (Å²) in [5, 5.41) is 1.31. The highest BCUT2D eigenvalue weighted by molar-refractivity contribution is 6.30. The number of likely N-dealkylation sites (tertiary alicyclic amines) is 1. The van der Waals surface area contributed by atoms with E-state index in [4.69, 9.17) is 20.8 Å². The Hall–Kier alpha value is -2.79. The zero-order valence-corrected chi connectivity index (χ0v) is 17.7. The van der Waals surface area contributed by atoms with Crippen molar-refractivity contribution in [1.82, 2.24) is 4.90 Å². The molecule has 6 heteroatoms. The van der Waals surface area contributed by atoms with Crippen molar-refractivity contribution in [3.05, 3.63) is 63.9 Å². The van der Waals surface area contributed by atoms with Gasteiger partial charge in [0.15, 0.2) is 11.5 Å². The van der Waals surface area contributed by atoms with Crippen LogP contribution in [0, 0.1) is 6.92 Å². The Morgan fingerprint density at radius 1 is 1.10 bits per heavy atom. The molecule has 0 bridgehead atoms. The van der Waals surface area contributed by atoms with Crippen molar-refractivity contribution in [2.75, 3.05) is 13.1 Å². The fraction of sp³-hybridized carbons (Fsp3) is 0.333. The number of amides is 1. The Labute approximate surface area is 179 Å². The molecule has 2 aliphatic rings. The van der Waals surface area contributed by atoms with E-state index in [2.05, 4.69) is 0 Å². The van der Waals surface area contributed by atoms with Crippen molar-refractivity contribution in [3.63, 3.8) is 0 Å². The summed E-state index contributed by atoms with van der Waals surface area (Å²) in [4.78, 5) is 28.0. The number of halogens is 1. The minimum atomic E-state index is -0.784. The predicted molar refractivity (Wildman–Crippen MR) is 114 cm³/mol. The van der Waals surface area contributed by atoms with Crippen molar-refractivity contribution in [3.8, 4) is 5.75 Å². The van der Waals surface area contributed by atoms with Crippen LogP contribution in [0.15, 0.2) is 40.8 Å². The molecule has 2 aromatic carbocycles. The number of hydrogen-bond donors (Lipinski definition) is 0. The van der Waals surface area contributed by atoms with E-state index in [0.29, 0.717) is 38.6 Å².